The third-order valence-electron chi connectivity index (χ3n) is 15.0. The number of carbonyl (C=O) groups excluding carboxylic acids is 5. The fraction of sp³-hybridized carbons (Fsp3) is 0.441. The minimum Gasteiger partial charge on any atom is -0.480 e. The average molecular weight is 1200 g/mol. The van der Waals surface area contributed by atoms with E-state index in [-0.39, 0.29) is 48.6 Å². The van der Waals surface area contributed by atoms with Crippen molar-refractivity contribution in [3.8, 4) is 0 Å². The van der Waals surface area contributed by atoms with E-state index in [2.05, 4.69) is 87.3 Å². The van der Waals surface area contributed by atoms with Crippen molar-refractivity contribution in [3.63, 3.8) is 0 Å². The van der Waals surface area contributed by atoms with Gasteiger partial charge < -0.3 is 44.9 Å². The molecule has 6 atom stereocenters. The van der Waals surface area contributed by atoms with Crippen molar-refractivity contribution in [2.45, 2.75) is 141 Å². The summed E-state index contributed by atoms with van der Waals surface area (Å²) in [5.41, 5.74) is 2.08. The van der Waals surface area contributed by atoms with Crippen molar-refractivity contribution in [1.29, 1.82) is 0 Å². The molecule has 2 aliphatic rings. The van der Waals surface area contributed by atoms with Gasteiger partial charge in [0, 0.05) is 64.2 Å². The largest absolute Gasteiger partial charge is 0.480 e. The van der Waals surface area contributed by atoms with Gasteiger partial charge in [0.1, 0.15) is 47.0 Å². The Hall–Kier alpha value is -8.00. The van der Waals surface area contributed by atoms with E-state index in [1.54, 1.807) is 58.6 Å². The second-order valence-corrected chi connectivity index (χ2v) is 23.9. The van der Waals surface area contributed by atoms with E-state index in [1.165, 1.54) is 67.0 Å². The lowest BCUT2D eigenvalue weighted by Crippen LogP contribution is -2.62. The molecule has 0 bridgehead atoms. The number of fused-ring (bicyclic) bond motifs is 2. The fourth-order valence-corrected chi connectivity index (χ4v) is 10.6. The summed E-state index contributed by atoms with van der Waals surface area (Å²) < 4.78 is 47.1. The Morgan fingerprint density at radius 1 is 0.552 bits per heavy atom. The number of benzene rings is 6. The van der Waals surface area contributed by atoms with E-state index in [0.29, 0.717) is 56.1 Å². The zero-order valence-corrected chi connectivity index (χ0v) is 51.8. The molecule has 0 aromatic heterocycles. The number of carboxylic acids is 1. The number of carbonyl (C=O) groups is 6. The maximum absolute atomic E-state index is 14.0. The number of nitrogens with zero attached hydrogens (tertiary/aromatic N) is 3. The molecule has 2 heterocycles. The Balaban J connectivity index is 0.000000231. The quantitative estimate of drug-likeness (QED) is 0.0467. The first-order chi connectivity index (χ1) is 41.3. The SMILES string of the molecule is CC(C)(C)OC(=O)N[C@H](Cc1ccc(F)cc1)C(=O)O.CC[C@H]1CN([C@@H](Cc2ccc3ccccc3c2)C(=O)OC)CCN1.CC[C@H]1CN([C@@H](Cc2ccc3ccccc3c2)C(=O)OC)CCN1C(=O)[C@@H](Cc1ccc(F)cc1)NC(=O)OC(C)(C)C. The summed E-state index contributed by atoms with van der Waals surface area (Å²) in [4.78, 5) is 81.0. The van der Waals surface area contributed by atoms with Gasteiger partial charge >= 0.3 is 30.1 Å². The number of nitrogens with one attached hydrogen (secondary N) is 3. The number of halogens is 2. The Morgan fingerprint density at radius 3 is 1.40 bits per heavy atom. The Bertz CT molecular complexity index is 3240. The summed E-state index contributed by atoms with van der Waals surface area (Å²) in [5, 5.41) is 22.3. The Labute approximate surface area is 510 Å². The van der Waals surface area contributed by atoms with Crippen molar-refractivity contribution >= 4 is 57.5 Å². The molecule has 17 nitrogen and oxygen atoms in total. The van der Waals surface area contributed by atoms with Gasteiger partial charge in [0.2, 0.25) is 5.91 Å². The maximum atomic E-state index is 14.0. The number of amides is 3. The molecule has 0 aliphatic carbocycles. The van der Waals surface area contributed by atoms with Crippen molar-refractivity contribution in [2.75, 3.05) is 53.5 Å². The van der Waals surface area contributed by atoms with Gasteiger partial charge in [-0.3, -0.25) is 24.2 Å². The van der Waals surface area contributed by atoms with E-state index in [4.69, 9.17) is 24.1 Å². The zero-order chi connectivity index (χ0) is 63.4. The first kappa shape index (κ1) is 68.1. The molecule has 87 heavy (non-hydrogen) atoms. The van der Waals surface area contributed by atoms with Crippen LogP contribution in [0.25, 0.3) is 21.5 Å². The number of esters is 2. The summed E-state index contributed by atoms with van der Waals surface area (Å²) >= 11 is 0. The summed E-state index contributed by atoms with van der Waals surface area (Å²) in [5.74, 6) is -2.66. The predicted octanol–water partition coefficient (Wildman–Crippen LogP) is 10.1. The van der Waals surface area contributed by atoms with E-state index in [1.807, 2.05) is 37.3 Å². The molecule has 0 radical (unpaired) electrons. The van der Waals surface area contributed by atoms with Gasteiger partial charge in [-0.05, 0) is 135 Å². The second kappa shape index (κ2) is 32.1. The van der Waals surface area contributed by atoms with Crippen molar-refractivity contribution < 1.29 is 61.6 Å². The van der Waals surface area contributed by atoms with Crippen LogP contribution in [0.3, 0.4) is 0 Å². The molecule has 0 saturated carbocycles. The number of rotatable bonds is 18. The fourth-order valence-electron chi connectivity index (χ4n) is 10.6. The third-order valence-corrected chi connectivity index (χ3v) is 15.0. The van der Waals surface area contributed by atoms with Crippen molar-refractivity contribution in [3.05, 3.63) is 167 Å². The molecule has 8 rings (SSSR count). The average Bonchev–Trinajstić information content (AvgIpc) is 1.59. The van der Waals surface area contributed by atoms with Gasteiger partial charge in [-0.1, -0.05) is 123 Å². The van der Waals surface area contributed by atoms with E-state index in [9.17, 15) is 37.5 Å². The van der Waals surface area contributed by atoms with Crippen LogP contribution in [0.15, 0.2) is 133 Å². The van der Waals surface area contributed by atoms with Gasteiger partial charge in [0.25, 0.3) is 0 Å². The normalized spacial score (nSPS) is 16.9. The van der Waals surface area contributed by atoms with Crippen LogP contribution in [-0.2, 0) is 63.8 Å². The second-order valence-electron chi connectivity index (χ2n) is 23.9. The highest BCUT2D eigenvalue weighted by molar-refractivity contribution is 5.87. The number of aliphatic carboxylic acids is 1. The first-order valence-electron chi connectivity index (χ1n) is 29.7. The lowest BCUT2D eigenvalue weighted by atomic mass is 9.98. The minimum absolute atomic E-state index is 0.0505. The van der Waals surface area contributed by atoms with Crippen molar-refractivity contribution in [2.24, 2.45) is 0 Å². The van der Waals surface area contributed by atoms with Crippen LogP contribution in [0.4, 0.5) is 18.4 Å². The predicted molar refractivity (Wildman–Crippen MR) is 332 cm³/mol. The number of hydrogen-bond acceptors (Lipinski definition) is 13. The zero-order valence-electron chi connectivity index (χ0n) is 51.8. The van der Waals surface area contributed by atoms with E-state index < -0.39 is 53.3 Å². The lowest BCUT2D eigenvalue weighted by Gasteiger charge is -2.44. The molecule has 19 heteroatoms. The van der Waals surface area contributed by atoms with Gasteiger partial charge in [-0.2, -0.15) is 0 Å². The van der Waals surface area contributed by atoms with E-state index in [0.717, 1.165) is 42.4 Å². The monoisotopic (exact) mass is 1200 g/mol. The highest BCUT2D eigenvalue weighted by Gasteiger charge is 2.39. The summed E-state index contributed by atoms with van der Waals surface area (Å²) in [6.45, 7) is 18.5. The molecule has 0 unspecified atom stereocenters. The van der Waals surface area contributed by atoms with Gasteiger partial charge in [0.05, 0.1) is 14.2 Å². The maximum Gasteiger partial charge on any atom is 0.408 e. The molecule has 2 aliphatic heterocycles. The minimum atomic E-state index is -1.18. The molecular formula is C68H86F2N6O11. The van der Waals surface area contributed by atoms with Crippen molar-refractivity contribution in [1.82, 2.24) is 30.7 Å². The summed E-state index contributed by atoms with van der Waals surface area (Å²) in [6.07, 6.45) is 1.63. The molecule has 2 saturated heterocycles. The highest BCUT2D eigenvalue weighted by Crippen LogP contribution is 2.25. The molecule has 4 N–H and O–H groups in total. The van der Waals surface area contributed by atoms with Gasteiger partial charge in [-0.15, -0.1) is 0 Å². The van der Waals surface area contributed by atoms with Crippen LogP contribution in [0.5, 0.6) is 0 Å². The number of piperazine rings is 2. The smallest absolute Gasteiger partial charge is 0.408 e. The highest BCUT2D eigenvalue weighted by atomic mass is 19.1. The molecule has 2 fully saturated rings. The molecule has 468 valence electrons. The van der Waals surface area contributed by atoms with E-state index >= 15 is 0 Å². The number of ether oxygens (including phenoxy) is 4. The standard InChI is InChI=1S/C34H42FN3O5.C20H26N2O2.C14H18FNO4/c1-6-28-22-37(30(32(40)42-5)21-24-11-14-25-9-7-8-10-26(25)19-24)17-18-38(28)31(39)29(36-33(41)43-34(2,3)4)20-23-12-15-27(35)16-13-23;1-3-18-14-22(11-10-21-18)19(20(23)24-2)13-15-8-9-16-6-4-5-7-17(16)12-15;1-14(2,3)20-13(19)16-11(12(17)18)8-9-4-6-10(15)7-5-9/h7-16,19,28-30H,6,17-18,20-22H2,1-5H3,(H,36,41);4-9,12,18-19,21H,3,10-11,13-14H2,1-2H3;4-7,11H,8H2,1-3H3,(H,16,19)(H,17,18)/t28-,29+,30-;18-,19-;11-/m001/s1. The topological polar surface area (TPSA) is 205 Å². The number of alkyl carbamates (subject to hydrolysis) is 2. The van der Waals surface area contributed by atoms with Gasteiger partial charge in [0.15, 0.2) is 0 Å². The van der Waals surface area contributed by atoms with Gasteiger partial charge in [-0.25, -0.2) is 23.2 Å². The molecule has 0 spiro atoms. The summed E-state index contributed by atoms with van der Waals surface area (Å²) in [6, 6.07) is 37.9. The molecule has 6 aromatic carbocycles. The Morgan fingerprint density at radius 2 is 0.977 bits per heavy atom. The number of carboxylic acid groups (broad SMARTS) is 1. The summed E-state index contributed by atoms with van der Waals surface area (Å²) in [7, 11) is 2.88. The number of methoxy groups -OCH3 is 2. The third kappa shape index (κ3) is 21.4. The Kier molecular flexibility index (Phi) is 25.1. The van der Waals surface area contributed by atoms with Crippen LogP contribution in [-0.4, -0.2) is 157 Å². The first-order valence-corrected chi connectivity index (χ1v) is 29.7. The lowest BCUT2D eigenvalue weighted by molar-refractivity contribution is -0.150. The molecular weight excluding hydrogens is 1110 g/mol. The van der Waals surface area contributed by atoms with Crippen LogP contribution >= 0.6 is 0 Å². The van der Waals surface area contributed by atoms with Crippen LogP contribution in [0.2, 0.25) is 0 Å². The molecule has 6 aromatic rings. The number of hydrogen-bond donors (Lipinski definition) is 4. The van der Waals surface area contributed by atoms with Crippen LogP contribution < -0.4 is 16.0 Å². The van der Waals surface area contributed by atoms with Crippen LogP contribution in [0, 0.1) is 11.6 Å². The van der Waals surface area contributed by atoms with Crippen LogP contribution in [0.1, 0.15) is 90.5 Å². The molecule has 3 amide bonds.